The van der Waals surface area contributed by atoms with E-state index in [-0.39, 0.29) is 11.8 Å². The SMILES string of the molecule is CC(C)C(=O)Nc1nc2ccccn2n1. The standard InChI is InChI=1S/C10H12N4O/c1-7(2)9(15)12-10-11-8-5-3-4-6-14(8)13-10/h3-7H,1-2H3,(H,12,13,15). The van der Waals surface area contributed by atoms with Gasteiger partial charge in [0, 0.05) is 12.1 Å². The van der Waals surface area contributed by atoms with E-state index in [1.54, 1.807) is 10.7 Å². The number of carbonyl (C=O) groups excluding carboxylic acids is 1. The Balaban J connectivity index is 2.26. The third-order valence-electron chi connectivity index (χ3n) is 2.00. The van der Waals surface area contributed by atoms with Crippen LogP contribution in [0.2, 0.25) is 0 Å². The van der Waals surface area contributed by atoms with E-state index in [1.165, 1.54) is 0 Å². The molecule has 0 bridgehead atoms. The molecule has 0 aliphatic rings. The molecule has 0 saturated carbocycles. The van der Waals surface area contributed by atoms with Crippen molar-refractivity contribution >= 4 is 17.5 Å². The van der Waals surface area contributed by atoms with Crippen LogP contribution in [0.3, 0.4) is 0 Å². The van der Waals surface area contributed by atoms with E-state index >= 15 is 0 Å². The summed E-state index contributed by atoms with van der Waals surface area (Å²) in [5.41, 5.74) is 0.719. The molecule has 1 N–H and O–H groups in total. The molecule has 1 amide bonds. The van der Waals surface area contributed by atoms with Gasteiger partial charge in [-0.1, -0.05) is 19.9 Å². The second kappa shape index (κ2) is 3.68. The average Bonchev–Trinajstić information content (AvgIpc) is 2.59. The van der Waals surface area contributed by atoms with Gasteiger partial charge in [0.1, 0.15) is 0 Å². The molecular formula is C10H12N4O. The van der Waals surface area contributed by atoms with Crippen molar-refractivity contribution in [2.24, 2.45) is 5.92 Å². The van der Waals surface area contributed by atoms with Crippen molar-refractivity contribution < 1.29 is 4.79 Å². The number of hydrogen-bond acceptors (Lipinski definition) is 3. The lowest BCUT2D eigenvalue weighted by Crippen LogP contribution is -2.18. The van der Waals surface area contributed by atoms with Crippen LogP contribution in [0.25, 0.3) is 5.65 Å². The van der Waals surface area contributed by atoms with Crippen molar-refractivity contribution in [3.05, 3.63) is 24.4 Å². The predicted octanol–water partition coefficient (Wildman–Crippen LogP) is 1.32. The molecule has 2 aromatic heterocycles. The van der Waals surface area contributed by atoms with E-state index in [4.69, 9.17) is 0 Å². The zero-order valence-corrected chi connectivity index (χ0v) is 8.64. The first-order valence-electron chi connectivity index (χ1n) is 4.79. The number of aromatic nitrogens is 3. The minimum absolute atomic E-state index is 0.0726. The number of anilines is 1. The minimum Gasteiger partial charge on any atom is -0.293 e. The van der Waals surface area contributed by atoms with Crippen molar-refractivity contribution in [2.45, 2.75) is 13.8 Å². The molecular weight excluding hydrogens is 192 g/mol. The average molecular weight is 204 g/mol. The maximum atomic E-state index is 11.4. The summed E-state index contributed by atoms with van der Waals surface area (Å²) in [7, 11) is 0. The Morgan fingerprint density at radius 3 is 2.93 bits per heavy atom. The number of fused-ring (bicyclic) bond motifs is 1. The number of pyridine rings is 1. The summed E-state index contributed by atoms with van der Waals surface area (Å²) in [6.45, 7) is 3.65. The van der Waals surface area contributed by atoms with Crippen molar-refractivity contribution in [3.8, 4) is 0 Å². The maximum Gasteiger partial charge on any atom is 0.249 e. The van der Waals surface area contributed by atoms with Gasteiger partial charge in [-0.05, 0) is 12.1 Å². The first kappa shape index (κ1) is 9.64. The van der Waals surface area contributed by atoms with Crippen LogP contribution in [0.15, 0.2) is 24.4 Å². The molecule has 0 atom stereocenters. The number of carbonyl (C=O) groups is 1. The Morgan fingerprint density at radius 1 is 1.47 bits per heavy atom. The fourth-order valence-corrected chi connectivity index (χ4v) is 1.14. The molecule has 2 heterocycles. The van der Waals surface area contributed by atoms with Crippen LogP contribution < -0.4 is 5.32 Å². The van der Waals surface area contributed by atoms with Gasteiger partial charge in [-0.25, -0.2) is 4.52 Å². The first-order chi connectivity index (χ1) is 7.16. The van der Waals surface area contributed by atoms with Gasteiger partial charge < -0.3 is 0 Å². The van der Waals surface area contributed by atoms with E-state index in [9.17, 15) is 4.79 Å². The van der Waals surface area contributed by atoms with Gasteiger partial charge in [-0.15, -0.1) is 5.10 Å². The highest BCUT2D eigenvalue weighted by Crippen LogP contribution is 2.05. The van der Waals surface area contributed by atoms with Gasteiger partial charge in [0.15, 0.2) is 5.65 Å². The molecule has 0 unspecified atom stereocenters. The summed E-state index contributed by atoms with van der Waals surface area (Å²) in [4.78, 5) is 15.5. The normalized spacial score (nSPS) is 10.9. The minimum atomic E-state index is -0.0779. The zero-order valence-electron chi connectivity index (χ0n) is 8.64. The van der Waals surface area contributed by atoms with Crippen LogP contribution in [0.4, 0.5) is 5.95 Å². The summed E-state index contributed by atoms with van der Waals surface area (Å²) in [5.74, 6) is 0.197. The van der Waals surface area contributed by atoms with Gasteiger partial charge in [-0.2, -0.15) is 4.98 Å². The second-order valence-corrected chi connectivity index (χ2v) is 3.58. The summed E-state index contributed by atoms with van der Waals surface area (Å²) >= 11 is 0. The Bertz CT molecular complexity index is 456. The summed E-state index contributed by atoms with van der Waals surface area (Å²) in [6.07, 6.45) is 1.79. The fourth-order valence-electron chi connectivity index (χ4n) is 1.14. The van der Waals surface area contributed by atoms with Gasteiger partial charge in [-0.3, -0.25) is 10.1 Å². The summed E-state index contributed by atoms with van der Waals surface area (Å²) < 4.78 is 1.62. The van der Waals surface area contributed by atoms with Crippen molar-refractivity contribution in [1.82, 2.24) is 14.6 Å². The quantitative estimate of drug-likeness (QED) is 0.802. The van der Waals surface area contributed by atoms with Gasteiger partial charge in [0.2, 0.25) is 11.9 Å². The van der Waals surface area contributed by atoms with E-state index in [0.717, 1.165) is 5.65 Å². The van der Waals surface area contributed by atoms with E-state index in [2.05, 4.69) is 15.4 Å². The van der Waals surface area contributed by atoms with Crippen molar-refractivity contribution in [1.29, 1.82) is 0 Å². The lowest BCUT2D eigenvalue weighted by atomic mass is 10.2. The van der Waals surface area contributed by atoms with E-state index in [1.807, 2.05) is 32.0 Å². The Kier molecular flexibility index (Phi) is 2.37. The summed E-state index contributed by atoms with van der Waals surface area (Å²) in [5, 5.41) is 6.76. The molecule has 0 aliphatic carbocycles. The third-order valence-corrected chi connectivity index (χ3v) is 2.00. The summed E-state index contributed by atoms with van der Waals surface area (Å²) in [6, 6.07) is 5.56. The van der Waals surface area contributed by atoms with Gasteiger partial charge >= 0.3 is 0 Å². The molecule has 0 saturated heterocycles. The highest BCUT2D eigenvalue weighted by Gasteiger charge is 2.10. The Morgan fingerprint density at radius 2 is 2.27 bits per heavy atom. The highest BCUT2D eigenvalue weighted by molar-refractivity contribution is 5.90. The topological polar surface area (TPSA) is 59.3 Å². The lowest BCUT2D eigenvalue weighted by Gasteiger charge is -2.01. The van der Waals surface area contributed by atoms with E-state index in [0.29, 0.717) is 5.95 Å². The second-order valence-electron chi connectivity index (χ2n) is 3.58. The number of hydrogen-bond donors (Lipinski definition) is 1. The van der Waals surface area contributed by atoms with Crippen LogP contribution >= 0.6 is 0 Å². The molecule has 0 spiro atoms. The van der Waals surface area contributed by atoms with Gasteiger partial charge in [0.25, 0.3) is 0 Å². The Hall–Kier alpha value is -1.91. The molecule has 0 aliphatic heterocycles. The maximum absolute atomic E-state index is 11.4. The molecule has 78 valence electrons. The number of nitrogens with zero attached hydrogens (tertiary/aromatic N) is 3. The monoisotopic (exact) mass is 204 g/mol. The zero-order chi connectivity index (χ0) is 10.8. The van der Waals surface area contributed by atoms with Crippen LogP contribution in [-0.4, -0.2) is 20.5 Å². The Labute approximate surface area is 87.1 Å². The fraction of sp³-hybridized carbons (Fsp3) is 0.300. The van der Waals surface area contributed by atoms with Crippen LogP contribution in [-0.2, 0) is 4.79 Å². The van der Waals surface area contributed by atoms with Gasteiger partial charge in [0.05, 0.1) is 0 Å². The molecule has 15 heavy (non-hydrogen) atoms. The van der Waals surface area contributed by atoms with Crippen molar-refractivity contribution in [3.63, 3.8) is 0 Å². The highest BCUT2D eigenvalue weighted by atomic mass is 16.2. The molecule has 2 aromatic rings. The molecule has 0 fully saturated rings. The van der Waals surface area contributed by atoms with Crippen LogP contribution in [0.5, 0.6) is 0 Å². The molecule has 5 nitrogen and oxygen atoms in total. The van der Waals surface area contributed by atoms with E-state index < -0.39 is 0 Å². The number of rotatable bonds is 2. The number of nitrogens with one attached hydrogen (secondary N) is 1. The van der Waals surface area contributed by atoms with Crippen molar-refractivity contribution in [2.75, 3.05) is 5.32 Å². The molecule has 5 heteroatoms. The largest absolute Gasteiger partial charge is 0.293 e. The molecule has 2 rings (SSSR count). The molecule has 0 radical (unpaired) electrons. The first-order valence-corrected chi connectivity index (χ1v) is 4.79. The van der Waals surface area contributed by atoms with Crippen LogP contribution in [0.1, 0.15) is 13.8 Å². The smallest absolute Gasteiger partial charge is 0.249 e. The van der Waals surface area contributed by atoms with Crippen LogP contribution in [0, 0.1) is 5.92 Å². The molecule has 0 aromatic carbocycles. The predicted molar refractivity (Wildman–Crippen MR) is 56.5 cm³/mol. The number of amides is 1. The lowest BCUT2D eigenvalue weighted by molar-refractivity contribution is -0.118. The third kappa shape index (κ3) is 1.96.